The number of carboxylic acid groups (broad SMARTS) is 1. The lowest BCUT2D eigenvalue weighted by Gasteiger charge is -2.11. The molecule has 0 aliphatic rings. The van der Waals surface area contributed by atoms with Gasteiger partial charge in [-0.25, -0.2) is 4.79 Å². The molecule has 0 heterocycles. The molecular weight excluding hydrogens is 268 g/mol. The Morgan fingerprint density at radius 1 is 1.00 bits per heavy atom. The smallest absolute Gasteiger partial charge is 0.341 e. The highest BCUT2D eigenvalue weighted by Gasteiger charge is 2.08. The van der Waals surface area contributed by atoms with Crippen LogP contribution in [0.15, 0.2) is 48.5 Å². The second kappa shape index (κ2) is 7.33. The summed E-state index contributed by atoms with van der Waals surface area (Å²) in [6.45, 7) is -0.376. The third kappa shape index (κ3) is 4.53. The molecule has 1 N–H and O–H groups in total. The molecule has 2 aromatic rings. The number of ether oxygens (including phenoxy) is 2. The molecule has 110 valence electrons. The van der Waals surface area contributed by atoms with Crippen molar-refractivity contribution < 1.29 is 19.4 Å². The maximum atomic E-state index is 10.6. The number of carbonyl (C=O) groups is 1. The van der Waals surface area contributed by atoms with E-state index in [1.54, 1.807) is 6.07 Å². The van der Waals surface area contributed by atoms with Crippen molar-refractivity contribution in [1.82, 2.24) is 0 Å². The van der Waals surface area contributed by atoms with E-state index in [1.165, 1.54) is 12.7 Å². The lowest BCUT2D eigenvalue weighted by atomic mass is 10.0. The molecule has 0 amide bonds. The number of aliphatic carboxylic acids is 1. The molecule has 0 radical (unpaired) electrons. The maximum Gasteiger partial charge on any atom is 0.341 e. The molecule has 4 nitrogen and oxygen atoms in total. The Labute approximate surface area is 123 Å². The third-order valence-electron chi connectivity index (χ3n) is 3.12. The van der Waals surface area contributed by atoms with Crippen LogP contribution in [0.2, 0.25) is 0 Å². The molecule has 0 atom stereocenters. The lowest BCUT2D eigenvalue weighted by molar-refractivity contribution is -0.139. The molecule has 0 fully saturated rings. The predicted octanol–water partition coefficient (Wildman–Crippen LogP) is 2.94. The summed E-state index contributed by atoms with van der Waals surface area (Å²) in [6, 6.07) is 15.8. The van der Waals surface area contributed by atoms with Gasteiger partial charge in [-0.2, -0.15) is 0 Å². The van der Waals surface area contributed by atoms with Gasteiger partial charge in [0, 0.05) is 0 Å². The molecule has 0 saturated carbocycles. The summed E-state index contributed by atoms with van der Waals surface area (Å²) in [5, 5.41) is 8.69. The Morgan fingerprint density at radius 2 is 1.71 bits per heavy atom. The summed E-state index contributed by atoms with van der Waals surface area (Å²) in [5.74, 6) is -0.00286. The number of carboxylic acids is 1. The largest absolute Gasteiger partial charge is 0.493 e. The van der Waals surface area contributed by atoms with Gasteiger partial charge in [-0.15, -0.1) is 0 Å². The van der Waals surface area contributed by atoms with Crippen LogP contribution in [0.25, 0.3) is 0 Å². The molecule has 0 aliphatic carbocycles. The maximum absolute atomic E-state index is 10.6. The fourth-order valence-corrected chi connectivity index (χ4v) is 2.06. The summed E-state index contributed by atoms with van der Waals surface area (Å²) in [5.41, 5.74) is 2.35. The highest BCUT2D eigenvalue weighted by Crippen LogP contribution is 2.28. The van der Waals surface area contributed by atoms with Gasteiger partial charge in [-0.1, -0.05) is 36.4 Å². The van der Waals surface area contributed by atoms with Crippen molar-refractivity contribution in [3.8, 4) is 11.5 Å². The first-order valence-electron chi connectivity index (χ1n) is 6.74. The van der Waals surface area contributed by atoms with Crippen LogP contribution in [0.3, 0.4) is 0 Å². The highest BCUT2D eigenvalue weighted by molar-refractivity contribution is 5.68. The molecule has 4 heteroatoms. The number of hydrogen-bond acceptors (Lipinski definition) is 3. The van der Waals surface area contributed by atoms with Crippen LogP contribution in [0, 0.1) is 0 Å². The summed E-state index contributed by atoms with van der Waals surface area (Å²) in [7, 11) is 1.53. The van der Waals surface area contributed by atoms with Crippen LogP contribution in [0.5, 0.6) is 11.5 Å². The van der Waals surface area contributed by atoms with Crippen molar-refractivity contribution >= 4 is 5.97 Å². The Hall–Kier alpha value is -2.49. The molecule has 0 saturated heterocycles. The van der Waals surface area contributed by atoms with Crippen LogP contribution in [-0.2, 0) is 17.6 Å². The summed E-state index contributed by atoms with van der Waals surface area (Å²) in [4.78, 5) is 10.6. The average Bonchev–Trinajstić information content (AvgIpc) is 2.52. The number of aryl methyl sites for hydroxylation is 2. The van der Waals surface area contributed by atoms with Crippen LogP contribution in [-0.4, -0.2) is 24.8 Å². The van der Waals surface area contributed by atoms with Crippen LogP contribution >= 0.6 is 0 Å². The van der Waals surface area contributed by atoms with Crippen LogP contribution in [0.4, 0.5) is 0 Å². The lowest BCUT2D eigenvalue weighted by Crippen LogP contribution is -2.10. The topological polar surface area (TPSA) is 55.8 Å². The first-order valence-corrected chi connectivity index (χ1v) is 6.74. The van der Waals surface area contributed by atoms with Gasteiger partial charge in [-0.3, -0.25) is 0 Å². The molecule has 0 unspecified atom stereocenters. The fourth-order valence-electron chi connectivity index (χ4n) is 2.06. The Kier molecular flexibility index (Phi) is 5.21. The fraction of sp³-hybridized carbons (Fsp3) is 0.235. The van der Waals surface area contributed by atoms with E-state index in [0.717, 1.165) is 18.4 Å². The first-order chi connectivity index (χ1) is 10.2. The van der Waals surface area contributed by atoms with Gasteiger partial charge in [-0.05, 0) is 36.1 Å². The molecule has 21 heavy (non-hydrogen) atoms. The van der Waals surface area contributed by atoms with Crippen LogP contribution in [0.1, 0.15) is 11.1 Å². The number of benzene rings is 2. The van der Waals surface area contributed by atoms with E-state index in [2.05, 4.69) is 12.1 Å². The van der Waals surface area contributed by atoms with E-state index >= 15 is 0 Å². The zero-order valence-corrected chi connectivity index (χ0v) is 11.9. The average molecular weight is 286 g/mol. The molecule has 0 bridgehead atoms. The predicted molar refractivity (Wildman–Crippen MR) is 80.0 cm³/mol. The van der Waals surface area contributed by atoms with Gasteiger partial charge in [0.15, 0.2) is 18.1 Å². The Morgan fingerprint density at radius 3 is 2.38 bits per heavy atom. The SMILES string of the molecule is COc1ccc(CCc2ccccc2)cc1OCC(=O)O. The molecule has 2 aromatic carbocycles. The Bertz CT molecular complexity index is 593. The molecule has 0 aromatic heterocycles. The van der Waals surface area contributed by atoms with Crippen LogP contribution < -0.4 is 9.47 Å². The van der Waals surface area contributed by atoms with Gasteiger partial charge in [0.2, 0.25) is 0 Å². The third-order valence-corrected chi connectivity index (χ3v) is 3.12. The molecule has 0 aliphatic heterocycles. The molecule has 0 spiro atoms. The molecule has 2 rings (SSSR count). The van der Waals surface area contributed by atoms with Gasteiger partial charge in [0.25, 0.3) is 0 Å². The van der Waals surface area contributed by atoms with E-state index in [0.29, 0.717) is 11.5 Å². The van der Waals surface area contributed by atoms with Crippen molar-refractivity contribution in [3.63, 3.8) is 0 Å². The van der Waals surface area contributed by atoms with Crippen molar-refractivity contribution in [1.29, 1.82) is 0 Å². The minimum atomic E-state index is -1.01. The second-order valence-electron chi connectivity index (χ2n) is 4.65. The minimum absolute atomic E-state index is 0.376. The zero-order chi connectivity index (χ0) is 15.1. The minimum Gasteiger partial charge on any atom is -0.493 e. The van der Waals surface area contributed by atoms with Gasteiger partial charge < -0.3 is 14.6 Å². The van der Waals surface area contributed by atoms with Crippen molar-refractivity contribution in [3.05, 3.63) is 59.7 Å². The highest BCUT2D eigenvalue weighted by atomic mass is 16.5. The van der Waals surface area contributed by atoms with Gasteiger partial charge in [0.05, 0.1) is 7.11 Å². The second-order valence-corrected chi connectivity index (χ2v) is 4.65. The summed E-state index contributed by atoms with van der Waals surface area (Å²) >= 11 is 0. The zero-order valence-electron chi connectivity index (χ0n) is 11.9. The monoisotopic (exact) mass is 286 g/mol. The standard InChI is InChI=1S/C17H18O4/c1-20-15-10-9-14(11-16(15)21-12-17(18)19)8-7-13-5-3-2-4-6-13/h2-6,9-11H,7-8,12H2,1H3,(H,18,19). The quantitative estimate of drug-likeness (QED) is 0.850. The number of hydrogen-bond donors (Lipinski definition) is 1. The number of methoxy groups -OCH3 is 1. The van der Waals surface area contributed by atoms with Gasteiger partial charge >= 0.3 is 5.97 Å². The van der Waals surface area contributed by atoms with Crippen molar-refractivity contribution in [2.24, 2.45) is 0 Å². The van der Waals surface area contributed by atoms with Crippen molar-refractivity contribution in [2.45, 2.75) is 12.8 Å². The van der Waals surface area contributed by atoms with E-state index < -0.39 is 5.97 Å². The van der Waals surface area contributed by atoms with Crippen molar-refractivity contribution in [2.75, 3.05) is 13.7 Å². The van der Waals surface area contributed by atoms with E-state index in [4.69, 9.17) is 14.6 Å². The normalized spacial score (nSPS) is 10.1. The summed E-state index contributed by atoms with van der Waals surface area (Å²) < 4.78 is 10.4. The Balaban J connectivity index is 2.06. The molecular formula is C17H18O4. The van der Waals surface area contributed by atoms with Gasteiger partial charge in [0.1, 0.15) is 0 Å². The van der Waals surface area contributed by atoms with E-state index in [1.807, 2.05) is 30.3 Å². The first kappa shape index (κ1) is 14.9. The van der Waals surface area contributed by atoms with E-state index in [9.17, 15) is 4.79 Å². The number of rotatable bonds is 7. The summed E-state index contributed by atoms with van der Waals surface area (Å²) in [6.07, 6.45) is 1.78. The van der Waals surface area contributed by atoms with E-state index in [-0.39, 0.29) is 6.61 Å².